The van der Waals surface area contributed by atoms with E-state index in [2.05, 4.69) is 58.0 Å². The van der Waals surface area contributed by atoms with Crippen molar-refractivity contribution in [2.45, 2.75) is 32.9 Å². The van der Waals surface area contributed by atoms with E-state index in [9.17, 15) is 4.79 Å². The van der Waals surface area contributed by atoms with Crippen molar-refractivity contribution in [1.82, 2.24) is 14.7 Å². The number of carbonyl (C=O) groups excluding carboxylic acids is 1. The molecule has 0 aliphatic carbocycles. The van der Waals surface area contributed by atoms with E-state index in [0.717, 1.165) is 76.7 Å². The van der Waals surface area contributed by atoms with Crippen LogP contribution in [0.25, 0.3) is 0 Å². The maximum Gasteiger partial charge on any atom is 0.231 e. The fourth-order valence-electron chi connectivity index (χ4n) is 4.97. The number of amides is 1. The molecule has 0 aromatic heterocycles. The summed E-state index contributed by atoms with van der Waals surface area (Å²) >= 11 is 0. The lowest BCUT2D eigenvalue weighted by Gasteiger charge is -2.38. The van der Waals surface area contributed by atoms with Gasteiger partial charge in [-0.25, -0.2) is 0 Å². The summed E-state index contributed by atoms with van der Waals surface area (Å²) in [4.78, 5) is 20.1. The third kappa shape index (κ3) is 4.92. The molecule has 0 saturated carbocycles. The minimum atomic E-state index is 0.185. The third-order valence-corrected chi connectivity index (χ3v) is 6.99. The van der Waals surface area contributed by atoms with E-state index in [1.807, 2.05) is 6.07 Å². The Morgan fingerprint density at radius 1 is 0.812 bits per heavy atom. The lowest BCUT2D eigenvalue weighted by molar-refractivity contribution is -0.139. The van der Waals surface area contributed by atoms with Crippen LogP contribution in [0.2, 0.25) is 0 Å². The van der Waals surface area contributed by atoms with Crippen LogP contribution in [0, 0.1) is 12.8 Å². The zero-order valence-corrected chi connectivity index (χ0v) is 19.0. The van der Waals surface area contributed by atoms with Crippen molar-refractivity contribution >= 4 is 5.91 Å². The Labute approximate surface area is 190 Å². The van der Waals surface area contributed by atoms with E-state index < -0.39 is 0 Å². The lowest BCUT2D eigenvalue weighted by Crippen LogP contribution is -2.51. The van der Waals surface area contributed by atoms with Gasteiger partial charge in [0.1, 0.15) is 0 Å². The average Bonchev–Trinajstić information content (AvgIpc) is 3.29. The second-order valence-corrected chi connectivity index (χ2v) is 9.33. The standard InChI is InChI=1S/C26H33N3O3/c1-20-2-4-21(5-3-20)17-27-10-8-23(9-11-27)26(30)29-14-12-28(13-15-29)18-22-6-7-24-25(16-22)32-19-31-24/h2-7,16,23H,8-15,17-19H2,1H3. The van der Waals surface area contributed by atoms with E-state index in [1.54, 1.807) is 0 Å². The Kier molecular flexibility index (Phi) is 6.32. The number of likely N-dealkylation sites (tertiary alicyclic amines) is 1. The molecule has 3 aliphatic rings. The maximum absolute atomic E-state index is 13.1. The van der Waals surface area contributed by atoms with Gasteiger partial charge in [0, 0.05) is 45.2 Å². The first-order valence-corrected chi connectivity index (χ1v) is 11.8. The van der Waals surface area contributed by atoms with Gasteiger partial charge in [-0.1, -0.05) is 35.9 Å². The second-order valence-electron chi connectivity index (χ2n) is 9.33. The second kappa shape index (κ2) is 9.51. The molecule has 0 unspecified atom stereocenters. The predicted molar refractivity (Wildman–Crippen MR) is 124 cm³/mol. The highest BCUT2D eigenvalue weighted by atomic mass is 16.7. The fraction of sp³-hybridized carbons (Fsp3) is 0.500. The molecule has 2 saturated heterocycles. The lowest BCUT2D eigenvalue weighted by atomic mass is 9.94. The van der Waals surface area contributed by atoms with Crippen molar-refractivity contribution in [1.29, 1.82) is 0 Å². The largest absolute Gasteiger partial charge is 0.454 e. The molecule has 2 aromatic carbocycles. The number of hydrogen-bond donors (Lipinski definition) is 0. The number of carbonyl (C=O) groups is 1. The van der Waals surface area contributed by atoms with Crippen LogP contribution in [0.5, 0.6) is 11.5 Å². The van der Waals surface area contributed by atoms with E-state index in [1.165, 1.54) is 16.7 Å². The van der Waals surface area contributed by atoms with Gasteiger partial charge in [-0.15, -0.1) is 0 Å². The van der Waals surface area contributed by atoms with Crippen LogP contribution in [0.3, 0.4) is 0 Å². The van der Waals surface area contributed by atoms with Crippen LogP contribution in [-0.2, 0) is 17.9 Å². The number of rotatable bonds is 5. The van der Waals surface area contributed by atoms with Gasteiger partial charge < -0.3 is 14.4 Å². The Morgan fingerprint density at radius 2 is 1.44 bits per heavy atom. The number of ether oxygens (including phenoxy) is 2. The van der Waals surface area contributed by atoms with Crippen LogP contribution in [0.1, 0.15) is 29.5 Å². The highest BCUT2D eigenvalue weighted by Crippen LogP contribution is 2.33. The molecule has 2 aromatic rings. The zero-order chi connectivity index (χ0) is 21.9. The Morgan fingerprint density at radius 3 is 2.19 bits per heavy atom. The zero-order valence-electron chi connectivity index (χ0n) is 19.0. The number of nitrogens with zero attached hydrogens (tertiary/aromatic N) is 3. The average molecular weight is 436 g/mol. The summed E-state index contributed by atoms with van der Waals surface area (Å²) in [7, 11) is 0. The Hall–Kier alpha value is -2.57. The van der Waals surface area contributed by atoms with Crippen LogP contribution >= 0.6 is 0 Å². The monoisotopic (exact) mass is 435 g/mol. The van der Waals surface area contributed by atoms with Crippen molar-refractivity contribution in [3.05, 3.63) is 59.2 Å². The van der Waals surface area contributed by atoms with Gasteiger partial charge in [-0.05, 0) is 56.1 Å². The minimum absolute atomic E-state index is 0.185. The number of benzene rings is 2. The smallest absolute Gasteiger partial charge is 0.231 e. The molecule has 0 atom stereocenters. The summed E-state index contributed by atoms with van der Waals surface area (Å²) in [5.41, 5.74) is 3.89. The number of aryl methyl sites for hydroxylation is 1. The summed E-state index contributed by atoms with van der Waals surface area (Å²) in [5, 5.41) is 0. The Bertz CT molecular complexity index is 930. The van der Waals surface area contributed by atoms with Gasteiger partial charge in [0.2, 0.25) is 12.7 Å². The van der Waals surface area contributed by atoms with Crippen molar-refractivity contribution in [2.24, 2.45) is 5.92 Å². The molecular formula is C26H33N3O3. The van der Waals surface area contributed by atoms with Gasteiger partial charge in [-0.2, -0.15) is 0 Å². The SMILES string of the molecule is Cc1ccc(CN2CCC(C(=O)N3CCN(Cc4ccc5c(c4)OCO5)CC3)CC2)cc1. The van der Waals surface area contributed by atoms with Crippen LogP contribution in [0.15, 0.2) is 42.5 Å². The number of fused-ring (bicyclic) bond motifs is 1. The topological polar surface area (TPSA) is 45.3 Å². The quantitative estimate of drug-likeness (QED) is 0.721. The van der Waals surface area contributed by atoms with Crippen LogP contribution in [-0.4, -0.2) is 66.7 Å². The molecule has 170 valence electrons. The number of hydrogen-bond acceptors (Lipinski definition) is 5. The molecule has 2 fully saturated rings. The van der Waals surface area contributed by atoms with Gasteiger partial charge in [0.15, 0.2) is 11.5 Å². The summed E-state index contributed by atoms with van der Waals surface area (Å²) in [5.74, 6) is 2.21. The van der Waals surface area contributed by atoms with E-state index in [0.29, 0.717) is 12.7 Å². The predicted octanol–water partition coefficient (Wildman–Crippen LogP) is 3.28. The highest BCUT2D eigenvalue weighted by Gasteiger charge is 2.30. The molecule has 0 N–H and O–H groups in total. The van der Waals surface area contributed by atoms with Crippen molar-refractivity contribution in [2.75, 3.05) is 46.1 Å². The molecular weight excluding hydrogens is 402 g/mol. The Balaban J connectivity index is 1.06. The summed E-state index contributed by atoms with van der Waals surface area (Å²) < 4.78 is 10.9. The van der Waals surface area contributed by atoms with Crippen LogP contribution in [0.4, 0.5) is 0 Å². The first-order chi connectivity index (χ1) is 15.6. The molecule has 1 amide bonds. The van der Waals surface area contributed by atoms with E-state index >= 15 is 0 Å². The molecule has 32 heavy (non-hydrogen) atoms. The van der Waals surface area contributed by atoms with Crippen molar-refractivity contribution in [3.8, 4) is 11.5 Å². The molecule has 0 spiro atoms. The first kappa shape index (κ1) is 21.3. The highest BCUT2D eigenvalue weighted by molar-refractivity contribution is 5.79. The molecule has 6 heteroatoms. The third-order valence-electron chi connectivity index (χ3n) is 6.99. The molecule has 0 bridgehead atoms. The molecule has 3 heterocycles. The summed E-state index contributed by atoms with van der Waals surface area (Å²) in [6.45, 7) is 9.82. The van der Waals surface area contributed by atoms with Gasteiger partial charge >= 0.3 is 0 Å². The van der Waals surface area contributed by atoms with Crippen molar-refractivity contribution in [3.63, 3.8) is 0 Å². The number of piperidine rings is 1. The fourth-order valence-corrected chi connectivity index (χ4v) is 4.97. The molecule has 6 nitrogen and oxygen atoms in total. The molecule has 3 aliphatic heterocycles. The normalized spacial score (nSPS) is 20.0. The summed E-state index contributed by atoms with van der Waals surface area (Å²) in [6, 6.07) is 15.0. The minimum Gasteiger partial charge on any atom is -0.454 e. The molecule has 0 radical (unpaired) electrons. The van der Waals surface area contributed by atoms with Gasteiger partial charge in [-0.3, -0.25) is 14.6 Å². The van der Waals surface area contributed by atoms with Crippen molar-refractivity contribution < 1.29 is 14.3 Å². The first-order valence-electron chi connectivity index (χ1n) is 11.8. The van der Waals surface area contributed by atoms with Gasteiger partial charge in [0.05, 0.1) is 0 Å². The maximum atomic E-state index is 13.1. The van der Waals surface area contributed by atoms with E-state index in [-0.39, 0.29) is 5.92 Å². The van der Waals surface area contributed by atoms with Crippen LogP contribution < -0.4 is 9.47 Å². The van der Waals surface area contributed by atoms with Gasteiger partial charge in [0.25, 0.3) is 0 Å². The molecule has 5 rings (SSSR count). The number of piperazine rings is 1. The summed E-state index contributed by atoms with van der Waals surface area (Å²) in [6.07, 6.45) is 1.95. The van der Waals surface area contributed by atoms with E-state index in [4.69, 9.17) is 9.47 Å².